The summed E-state index contributed by atoms with van der Waals surface area (Å²) in [6.07, 6.45) is 3.42. The van der Waals surface area contributed by atoms with Crippen LogP contribution >= 0.6 is 0 Å². The van der Waals surface area contributed by atoms with Crippen LogP contribution in [0.2, 0.25) is 0 Å². The molecule has 2 heterocycles. The average Bonchev–Trinajstić information content (AvgIpc) is 2.46. The number of rotatable bonds is 3. The third-order valence-electron chi connectivity index (χ3n) is 4.19. The molecule has 1 N–H and O–H groups in total. The Kier molecular flexibility index (Phi) is 3.76. The summed E-state index contributed by atoms with van der Waals surface area (Å²) >= 11 is 0. The third-order valence-corrected chi connectivity index (χ3v) is 4.19. The standard InChI is InChI=1S/C16H23NO2/c1-16(7-3-9-18-11-16)12-19-15-5-2-4-13-10-17-8-6-14(13)15/h2,4-5,17H,3,6-12H2,1H3. The van der Waals surface area contributed by atoms with Crippen LogP contribution in [0.4, 0.5) is 0 Å². The highest BCUT2D eigenvalue weighted by atomic mass is 16.5. The fourth-order valence-corrected chi connectivity index (χ4v) is 2.99. The number of fused-ring (bicyclic) bond motifs is 1. The Morgan fingerprint density at radius 2 is 2.37 bits per heavy atom. The SMILES string of the molecule is CC1(COc2cccc3c2CCNC3)CCCOC1. The second-order valence-electron chi connectivity index (χ2n) is 6.08. The first-order chi connectivity index (χ1) is 9.27. The fourth-order valence-electron chi connectivity index (χ4n) is 2.99. The zero-order valence-electron chi connectivity index (χ0n) is 11.7. The number of hydrogen-bond donors (Lipinski definition) is 1. The third kappa shape index (κ3) is 2.93. The van der Waals surface area contributed by atoms with Gasteiger partial charge in [-0.25, -0.2) is 0 Å². The van der Waals surface area contributed by atoms with Crippen LogP contribution in [0.15, 0.2) is 18.2 Å². The maximum absolute atomic E-state index is 6.14. The number of nitrogens with one attached hydrogen (secondary N) is 1. The topological polar surface area (TPSA) is 30.5 Å². The molecule has 0 aliphatic carbocycles. The largest absolute Gasteiger partial charge is 0.493 e. The van der Waals surface area contributed by atoms with Gasteiger partial charge in [0.05, 0.1) is 13.2 Å². The number of benzene rings is 1. The Morgan fingerprint density at radius 1 is 1.42 bits per heavy atom. The van der Waals surface area contributed by atoms with Gasteiger partial charge >= 0.3 is 0 Å². The molecule has 1 aromatic rings. The van der Waals surface area contributed by atoms with Crippen molar-refractivity contribution in [2.75, 3.05) is 26.4 Å². The van der Waals surface area contributed by atoms with Crippen LogP contribution in [0.3, 0.4) is 0 Å². The maximum atomic E-state index is 6.14. The minimum Gasteiger partial charge on any atom is -0.493 e. The Bertz CT molecular complexity index is 438. The summed E-state index contributed by atoms with van der Waals surface area (Å²) in [4.78, 5) is 0. The van der Waals surface area contributed by atoms with E-state index >= 15 is 0 Å². The highest BCUT2D eigenvalue weighted by Gasteiger charge is 2.29. The molecule has 0 aromatic heterocycles. The number of ether oxygens (including phenoxy) is 2. The molecule has 1 fully saturated rings. The monoisotopic (exact) mass is 261 g/mol. The van der Waals surface area contributed by atoms with Crippen LogP contribution < -0.4 is 10.1 Å². The van der Waals surface area contributed by atoms with E-state index in [1.807, 2.05) is 0 Å². The van der Waals surface area contributed by atoms with E-state index in [9.17, 15) is 0 Å². The molecule has 3 rings (SSSR count). The molecule has 2 aliphatic rings. The van der Waals surface area contributed by atoms with Gasteiger partial charge in [-0.3, -0.25) is 0 Å². The lowest BCUT2D eigenvalue weighted by Crippen LogP contribution is -2.34. The van der Waals surface area contributed by atoms with Gasteiger partial charge in [0.15, 0.2) is 0 Å². The van der Waals surface area contributed by atoms with E-state index in [2.05, 4.69) is 30.4 Å². The maximum Gasteiger partial charge on any atom is 0.122 e. The molecule has 0 saturated carbocycles. The molecular weight excluding hydrogens is 238 g/mol. The molecule has 0 spiro atoms. The van der Waals surface area contributed by atoms with Gasteiger partial charge < -0.3 is 14.8 Å². The van der Waals surface area contributed by atoms with Crippen molar-refractivity contribution in [3.05, 3.63) is 29.3 Å². The van der Waals surface area contributed by atoms with Crippen LogP contribution in [0.5, 0.6) is 5.75 Å². The van der Waals surface area contributed by atoms with Gasteiger partial charge in [-0.1, -0.05) is 19.1 Å². The molecule has 0 radical (unpaired) electrons. The van der Waals surface area contributed by atoms with Crippen molar-refractivity contribution in [1.82, 2.24) is 5.32 Å². The quantitative estimate of drug-likeness (QED) is 0.907. The van der Waals surface area contributed by atoms with Crippen molar-refractivity contribution in [2.24, 2.45) is 5.41 Å². The lowest BCUT2D eigenvalue weighted by Gasteiger charge is -2.33. The first-order valence-electron chi connectivity index (χ1n) is 7.29. The summed E-state index contributed by atoms with van der Waals surface area (Å²) in [5, 5.41) is 3.41. The Morgan fingerprint density at radius 3 is 3.21 bits per heavy atom. The van der Waals surface area contributed by atoms with E-state index in [4.69, 9.17) is 9.47 Å². The van der Waals surface area contributed by atoms with E-state index in [0.717, 1.165) is 51.5 Å². The Labute approximate surface area is 115 Å². The summed E-state index contributed by atoms with van der Waals surface area (Å²) in [7, 11) is 0. The van der Waals surface area contributed by atoms with Crippen molar-refractivity contribution in [2.45, 2.75) is 32.7 Å². The Hall–Kier alpha value is -1.06. The second-order valence-corrected chi connectivity index (χ2v) is 6.08. The molecular formula is C16H23NO2. The molecule has 0 amide bonds. The van der Waals surface area contributed by atoms with E-state index in [-0.39, 0.29) is 5.41 Å². The molecule has 19 heavy (non-hydrogen) atoms. The molecule has 104 valence electrons. The first-order valence-corrected chi connectivity index (χ1v) is 7.29. The fraction of sp³-hybridized carbons (Fsp3) is 0.625. The highest BCUT2D eigenvalue weighted by molar-refractivity contribution is 5.41. The molecule has 2 aliphatic heterocycles. The van der Waals surface area contributed by atoms with Gasteiger partial charge in [0, 0.05) is 18.6 Å². The molecule has 1 saturated heterocycles. The lowest BCUT2D eigenvalue weighted by molar-refractivity contribution is -0.0216. The van der Waals surface area contributed by atoms with Crippen molar-refractivity contribution in [1.29, 1.82) is 0 Å². The molecule has 3 nitrogen and oxygen atoms in total. The van der Waals surface area contributed by atoms with E-state index in [1.54, 1.807) is 0 Å². The zero-order valence-corrected chi connectivity index (χ0v) is 11.7. The number of hydrogen-bond acceptors (Lipinski definition) is 3. The van der Waals surface area contributed by atoms with Gasteiger partial charge in [-0.2, -0.15) is 0 Å². The minimum absolute atomic E-state index is 0.174. The van der Waals surface area contributed by atoms with Crippen LogP contribution in [-0.4, -0.2) is 26.4 Å². The van der Waals surface area contributed by atoms with Gasteiger partial charge in [-0.15, -0.1) is 0 Å². The van der Waals surface area contributed by atoms with Crippen LogP contribution in [-0.2, 0) is 17.7 Å². The molecule has 1 unspecified atom stereocenters. The van der Waals surface area contributed by atoms with Crippen molar-refractivity contribution in [3.8, 4) is 5.75 Å². The minimum atomic E-state index is 0.174. The van der Waals surface area contributed by atoms with Crippen molar-refractivity contribution < 1.29 is 9.47 Å². The first kappa shape index (κ1) is 12.9. The smallest absolute Gasteiger partial charge is 0.122 e. The predicted octanol–water partition coefficient (Wildman–Crippen LogP) is 2.53. The summed E-state index contributed by atoms with van der Waals surface area (Å²) in [6, 6.07) is 6.40. The van der Waals surface area contributed by atoms with E-state index in [1.165, 1.54) is 17.5 Å². The molecule has 1 atom stereocenters. The van der Waals surface area contributed by atoms with Crippen LogP contribution in [0.25, 0.3) is 0 Å². The summed E-state index contributed by atoms with van der Waals surface area (Å²) < 4.78 is 11.7. The molecule has 0 bridgehead atoms. The highest BCUT2D eigenvalue weighted by Crippen LogP contribution is 2.31. The second kappa shape index (κ2) is 5.51. The van der Waals surface area contributed by atoms with Crippen LogP contribution in [0, 0.1) is 5.41 Å². The molecule has 3 heteroatoms. The van der Waals surface area contributed by atoms with Gasteiger partial charge in [0.25, 0.3) is 0 Å². The average molecular weight is 261 g/mol. The summed E-state index contributed by atoms with van der Waals surface area (Å²) in [5.41, 5.74) is 2.95. The normalized spacial score (nSPS) is 26.8. The van der Waals surface area contributed by atoms with Crippen molar-refractivity contribution in [3.63, 3.8) is 0 Å². The van der Waals surface area contributed by atoms with E-state index in [0.29, 0.717) is 0 Å². The van der Waals surface area contributed by atoms with Gasteiger partial charge in [0.2, 0.25) is 0 Å². The van der Waals surface area contributed by atoms with E-state index < -0.39 is 0 Å². The van der Waals surface area contributed by atoms with Crippen LogP contribution in [0.1, 0.15) is 30.9 Å². The van der Waals surface area contributed by atoms with Gasteiger partial charge in [0.1, 0.15) is 5.75 Å². The van der Waals surface area contributed by atoms with Crippen molar-refractivity contribution >= 4 is 0 Å². The predicted molar refractivity (Wildman–Crippen MR) is 75.5 cm³/mol. The summed E-state index contributed by atoms with van der Waals surface area (Å²) in [5.74, 6) is 1.07. The zero-order chi connectivity index (χ0) is 13.1. The lowest BCUT2D eigenvalue weighted by atomic mass is 9.86. The Balaban J connectivity index is 1.69. The van der Waals surface area contributed by atoms with Gasteiger partial charge in [-0.05, 0) is 43.0 Å². The molecule has 1 aromatic carbocycles. The summed E-state index contributed by atoms with van der Waals surface area (Å²) in [6.45, 7) is 6.77.